The molecule has 2 aromatic carbocycles. The van der Waals surface area contributed by atoms with E-state index < -0.39 is 9.84 Å². The van der Waals surface area contributed by atoms with Gasteiger partial charge in [-0.05, 0) is 36.8 Å². The Morgan fingerprint density at radius 3 is 2.75 bits per heavy atom. The van der Waals surface area contributed by atoms with Crippen LogP contribution >= 0.6 is 11.3 Å². The highest BCUT2D eigenvalue weighted by Crippen LogP contribution is 2.31. The van der Waals surface area contributed by atoms with E-state index >= 15 is 0 Å². The van der Waals surface area contributed by atoms with Gasteiger partial charge in [0.15, 0.2) is 9.84 Å². The van der Waals surface area contributed by atoms with Crippen LogP contribution in [0.25, 0.3) is 21.6 Å². The number of aryl methyl sites for hydroxylation is 1. The standard InChI is InChI=1S/C20H19N3O3S2/c1-12-4-3-5-16-15(12)9-18(23-16)20-22-11-13(27-20)10-21-17-7-6-14(8-19(17)24)28(2,25)26/h3-9,11,21,23-24H,10H2,1-2H3. The summed E-state index contributed by atoms with van der Waals surface area (Å²) in [6.45, 7) is 2.56. The van der Waals surface area contributed by atoms with Gasteiger partial charge in [-0.15, -0.1) is 11.3 Å². The molecular weight excluding hydrogens is 394 g/mol. The second-order valence-electron chi connectivity index (χ2n) is 6.66. The van der Waals surface area contributed by atoms with Crippen molar-refractivity contribution >= 4 is 37.8 Å². The lowest BCUT2D eigenvalue weighted by molar-refractivity contribution is 0.475. The lowest BCUT2D eigenvalue weighted by Crippen LogP contribution is -2.00. The molecule has 4 aromatic rings. The molecule has 0 saturated carbocycles. The lowest BCUT2D eigenvalue weighted by Gasteiger charge is -2.08. The number of hydrogen-bond acceptors (Lipinski definition) is 6. The van der Waals surface area contributed by atoms with Crippen molar-refractivity contribution in [2.45, 2.75) is 18.4 Å². The zero-order valence-electron chi connectivity index (χ0n) is 15.4. The minimum atomic E-state index is -3.35. The van der Waals surface area contributed by atoms with E-state index in [1.54, 1.807) is 23.6 Å². The van der Waals surface area contributed by atoms with Gasteiger partial charge in [0.2, 0.25) is 0 Å². The van der Waals surface area contributed by atoms with Gasteiger partial charge >= 0.3 is 0 Å². The maximum atomic E-state index is 11.6. The zero-order chi connectivity index (χ0) is 19.9. The van der Waals surface area contributed by atoms with Gasteiger partial charge in [0.25, 0.3) is 0 Å². The molecule has 0 aliphatic rings. The van der Waals surface area contributed by atoms with Crippen molar-refractivity contribution in [1.82, 2.24) is 9.97 Å². The van der Waals surface area contributed by atoms with Gasteiger partial charge < -0.3 is 15.4 Å². The van der Waals surface area contributed by atoms with Crippen LogP contribution < -0.4 is 5.32 Å². The SMILES string of the molecule is Cc1cccc2[nH]c(-c3ncc(CNc4ccc(S(C)(=O)=O)cc4O)s3)cc12. The Balaban J connectivity index is 1.51. The predicted molar refractivity (Wildman–Crippen MR) is 113 cm³/mol. The van der Waals surface area contributed by atoms with Crippen LogP contribution in [0, 0.1) is 6.92 Å². The highest BCUT2D eigenvalue weighted by molar-refractivity contribution is 7.90. The number of aromatic nitrogens is 2. The molecule has 2 heterocycles. The summed E-state index contributed by atoms with van der Waals surface area (Å²) >= 11 is 1.56. The molecule has 4 rings (SSSR count). The number of hydrogen-bond donors (Lipinski definition) is 3. The summed E-state index contributed by atoms with van der Waals surface area (Å²) in [7, 11) is -3.35. The maximum absolute atomic E-state index is 11.6. The first-order valence-corrected chi connectivity index (χ1v) is 11.3. The third kappa shape index (κ3) is 3.61. The fourth-order valence-corrected chi connectivity index (χ4v) is 4.47. The topological polar surface area (TPSA) is 95.1 Å². The van der Waals surface area contributed by atoms with Gasteiger partial charge in [-0.2, -0.15) is 0 Å². The number of fused-ring (bicyclic) bond motifs is 1. The Morgan fingerprint density at radius 1 is 1.21 bits per heavy atom. The summed E-state index contributed by atoms with van der Waals surface area (Å²) in [6.07, 6.45) is 2.91. The first kappa shape index (κ1) is 18.5. The van der Waals surface area contributed by atoms with Gasteiger partial charge in [0, 0.05) is 34.3 Å². The first-order valence-electron chi connectivity index (χ1n) is 8.61. The van der Waals surface area contributed by atoms with Crippen LogP contribution in [0.15, 0.2) is 53.6 Å². The fourth-order valence-electron chi connectivity index (χ4n) is 3.01. The van der Waals surface area contributed by atoms with E-state index in [0.29, 0.717) is 12.2 Å². The molecule has 3 N–H and O–H groups in total. The van der Waals surface area contributed by atoms with Crippen LogP contribution in [-0.4, -0.2) is 29.7 Å². The number of phenols is 1. The van der Waals surface area contributed by atoms with Crippen LogP contribution in [-0.2, 0) is 16.4 Å². The molecule has 0 spiro atoms. The van der Waals surface area contributed by atoms with Crippen LogP contribution in [0.1, 0.15) is 10.4 Å². The van der Waals surface area contributed by atoms with E-state index in [-0.39, 0.29) is 10.6 Å². The van der Waals surface area contributed by atoms with Gasteiger partial charge in [0.05, 0.1) is 22.8 Å². The largest absolute Gasteiger partial charge is 0.506 e. The molecule has 28 heavy (non-hydrogen) atoms. The second kappa shape index (κ2) is 6.96. The summed E-state index contributed by atoms with van der Waals surface area (Å²) in [4.78, 5) is 8.98. The van der Waals surface area contributed by atoms with Crippen LogP contribution in [0.4, 0.5) is 5.69 Å². The minimum absolute atomic E-state index is 0.0877. The highest BCUT2D eigenvalue weighted by atomic mass is 32.2. The molecular formula is C20H19N3O3S2. The molecule has 0 radical (unpaired) electrons. The molecule has 2 aromatic heterocycles. The second-order valence-corrected chi connectivity index (χ2v) is 9.79. The Labute approximate surface area is 166 Å². The average molecular weight is 414 g/mol. The molecule has 0 saturated heterocycles. The van der Waals surface area contributed by atoms with Crippen molar-refractivity contribution in [3.8, 4) is 16.5 Å². The summed E-state index contributed by atoms with van der Waals surface area (Å²) in [6, 6.07) is 12.6. The van der Waals surface area contributed by atoms with Crippen LogP contribution in [0.5, 0.6) is 5.75 Å². The van der Waals surface area contributed by atoms with Gasteiger partial charge in [-0.1, -0.05) is 12.1 Å². The molecule has 0 aliphatic heterocycles. The van der Waals surface area contributed by atoms with Crippen molar-refractivity contribution in [1.29, 1.82) is 0 Å². The minimum Gasteiger partial charge on any atom is -0.506 e. The van der Waals surface area contributed by atoms with Gasteiger partial charge in [-0.25, -0.2) is 13.4 Å². The van der Waals surface area contributed by atoms with Crippen molar-refractivity contribution in [3.63, 3.8) is 0 Å². The molecule has 0 atom stereocenters. The number of sulfone groups is 1. The number of nitrogens with one attached hydrogen (secondary N) is 2. The number of nitrogens with zero attached hydrogens (tertiary/aromatic N) is 1. The number of anilines is 1. The molecule has 0 amide bonds. The maximum Gasteiger partial charge on any atom is 0.175 e. The molecule has 0 fully saturated rings. The van der Waals surface area contributed by atoms with Crippen LogP contribution in [0.3, 0.4) is 0 Å². The average Bonchev–Trinajstić information content (AvgIpc) is 3.27. The van der Waals surface area contributed by atoms with Crippen molar-refractivity contribution < 1.29 is 13.5 Å². The number of rotatable bonds is 5. The first-order chi connectivity index (χ1) is 13.3. The number of aromatic hydroxyl groups is 1. The van der Waals surface area contributed by atoms with E-state index in [0.717, 1.165) is 27.4 Å². The Hall–Kier alpha value is -2.84. The smallest absolute Gasteiger partial charge is 0.175 e. The summed E-state index contributed by atoms with van der Waals surface area (Å²) in [5.74, 6) is -0.0984. The van der Waals surface area contributed by atoms with Gasteiger partial charge in [0.1, 0.15) is 10.8 Å². The van der Waals surface area contributed by atoms with Crippen molar-refractivity contribution in [3.05, 3.63) is 59.1 Å². The summed E-state index contributed by atoms with van der Waals surface area (Å²) in [5.41, 5.74) is 3.75. The Bertz CT molecular complexity index is 1270. The Morgan fingerprint density at radius 2 is 2.04 bits per heavy atom. The van der Waals surface area contributed by atoms with E-state index in [4.69, 9.17) is 0 Å². The van der Waals surface area contributed by atoms with Gasteiger partial charge in [-0.3, -0.25) is 0 Å². The molecule has 8 heteroatoms. The predicted octanol–water partition coefficient (Wildman–Crippen LogP) is 4.32. The number of phenolic OH excluding ortho intramolecular Hbond substituents is 1. The number of thiazole rings is 1. The van der Waals surface area contributed by atoms with Crippen LogP contribution in [0.2, 0.25) is 0 Å². The van der Waals surface area contributed by atoms with E-state index in [1.165, 1.54) is 23.1 Å². The fraction of sp³-hybridized carbons (Fsp3) is 0.150. The molecule has 144 valence electrons. The monoisotopic (exact) mass is 413 g/mol. The summed E-state index contributed by atoms with van der Waals surface area (Å²) < 4.78 is 23.1. The molecule has 6 nitrogen and oxygen atoms in total. The zero-order valence-corrected chi connectivity index (χ0v) is 17.0. The summed E-state index contributed by atoms with van der Waals surface area (Å²) in [5, 5.41) is 15.3. The number of H-pyrrole nitrogens is 1. The van der Waals surface area contributed by atoms with E-state index in [2.05, 4.69) is 34.3 Å². The third-order valence-corrected chi connectivity index (χ3v) is 6.66. The Kier molecular flexibility index (Phi) is 4.60. The van der Waals surface area contributed by atoms with E-state index in [9.17, 15) is 13.5 Å². The quantitative estimate of drug-likeness (QED) is 0.424. The normalized spacial score (nSPS) is 11.8. The number of aromatic amines is 1. The van der Waals surface area contributed by atoms with Crippen molar-refractivity contribution in [2.24, 2.45) is 0 Å². The lowest BCUT2D eigenvalue weighted by atomic mass is 10.1. The molecule has 0 unspecified atom stereocenters. The van der Waals surface area contributed by atoms with E-state index in [1.807, 2.05) is 12.1 Å². The highest BCUT2D eigenvalue weighted by Gasteiger charge is 2.12. The molecule has 0 bridgehead atoms. The van der Waals surface area contributed by atoms with Crippen molar-refractivity contribution in [2.75, 3.05) is 11.6 Å². The molecule has 0 aliphatic carbocycles. The number of benzene rings is 2. The third-order valence-electron chi connectivity index (χ3n) is 4.52.